The zero-order valence-corrected chi connectivity index (χ0v) is 34.1. The maximum Gasteiger partial charge on any atom is 0.139 e. The largest absolute Gasteiger partial charge is 0.456 e. The number of furan rings is 1. The third kappa shape index (κ3) is 6.97. The number of fused-ring (bicyclic) bond motifs is 2. The summed E-state index contributed by atoms with van der Waals surface area (Å²) in [7, 11) is 0. The van der Waals surface area contributed by atoms with Crippen molar-refractivity contribution in [1.82, 2.24) is 0 Å². The van der Waals surface area contributed by atoms with Crippen molar-refractivity contribution >= 4 is 38.8 Å². The first-order valence-electron chi connectivity index (χ1n) is 20.8. The van der Waals surface area contributed by atoms with Crippen LogP contribution < -0.4 is 4.90 Å². The predicted octanol–water partition coefficient (Wildman–Crippen LogP) is 16.7. The molecule has 0 radical (unpaired) electrons. The maximum atomic E-state index is 6.68. The Labute approximate surface area is 352 Å². The second-order valence-corrected chi connectivity index (χ2v) is 16.6. The zero-order chi connectivity index (χ0) is 40.6. The molecule has 0 fully saturated rings. The Morgan fingerprint density at radius 1 is 0.350 bits per heavy atom. The van der Waals surface area contributed by atoms with Gasteiger partial charge in [-0.25, -0.2) is 0 Å². The van der Waals surface area contributed by atoms with Crippen molar-refractivity contribution < 1.29 is 4.42 Å². The molecule has 10 rings (SSSR count). The Morgan fingerprint density at radius 3 is 1.53 bits per heavy atom. The minimum Gasteiger partial charge on any atom is -0.456 e. The Morgan fingerprint density at radius 2 is 0.867 bits per heavy atom. The van der Waals surface area contributed by atoms with E-state index in [1.165, 1.54) is 55.3 Å². The summed E-state index contributed by atoms with van der Waals surface area (Å²) in [6.07, 6.45) is 0. The van der Waals surface area contributed by atoms with Crippen molar-refractivity contribution in [3.63, 3.8) is 0 Å². The Balaban J connectivity index is 1.08. The molecule has 0 saturated carbocycles. The summed E-state index contributed by atoms with van der Waals surface area (Å²) in [5.41, 5.74) is 15.8. The minimum absolute atomic E-state index is 0.121. The summed E-state index contributed by atoms with van der Waals surface area (Å²) in [6.45, 7) is 6.79. The molecule has 0 aliphatic rings. The van der Waals surface area contributed by atoms with Crippen LogP contribution in [0.25, 0.3) is 77.6 Å². The topological polar surface area (TPSA) is 16.4 Å². The first-order chi connectivity index (χ1) is 29.4. The summed E-state index contributed by atoms with van der Waals surface area (Å²) in [5, 5.41) is 3.64. The van der Waals surface area contributed by atoms with Gasteiger partial charge in [0.25, 0.3) is 0 Å². The molecule has 0 aliphatic carbocycles. The van der Waals surface area contributed by atoms with Gasteiger partial charge in [0.05, 0.1) is 0 Å². The van der Waals surface area contributed by atoms with Crippen molar-refractivity contribution in [2.75, 3.05) is 4.90 Å². The molecule has 0 aliphatic heterocycles. The lowest BCUT2D eigenvalue weighted by Gasteiger charge is -2.27. The molecule has 10 aromatic rings. The molecule has 0 unspecified atom stereocenters. The molecule has 1 aromatic heterocycles. The third-order valence-electron chi connectivity index (χ3n) is 11.6. The molecule has 0 amide bonds. The van der Waals surface area contributed by atoms with Crippen LogP contribution >= 0.6 is 0 Å². The highest BCUT2D eigenvalue weighted by Gasteiger charge is 2.27. The van der Waals surface area contributed by atoms with Gasteiger partial charge in [-0.15, -0.1) is 0 Å². The number of hydrogen-bond donors (Lipinski definition) is 0. The van der Waals surface area contributed by atoms with Crippen LogP contribution in [0.15, 0.2) is 223 Å². The number of hydrogen-bond acceptors (Lipinski definition) is 2. The van der Waals surface area contributed by atoms with Gasteiger partial charge in [0, 0.05) is 33.6 Å². The lowest BCUT2D eigenvalue weighted by atomic mass is 9.83. The number of benzene rings is 9. The summed E-state index contributed by atoms with van der Waals surface area (Å²) in [6, 6.07) is 78.5. The molecular weight excluding hydrogens is 727 g/mol. The minimum atomic E-state index is -0.121. The van der Waals surface area contributed by atoms with Crippen LogP contribution in [0.5, 0.6) is 0 Å². The van der Waals surface area contributed by atoms with Crippen LogP contribution in [0.4, 0.5) is 17.1 Å². The van der Waals surface area contributed by atoms with Crippen LogP contribution in [0.3, 0.4) is 0 Å². The SMILES string of the molecule is CC(C)(C)c1c(-c2cccc(N(c3ccc(-c4ccc5ccccc5c4)cc3)c3ccc(-c4ccccc4-c4ccccc4-c4ccccc4)cc3)c2)oc2ccccc12. The molecule has 1 heterocycles. The molecule has 2 heteroatoms. The van der Waals surface area contributed by atoms with Crippen molar-refractivity contribution in [1.29, 1.82) is 0 Å². The number of anilines is 3. The van der Waals surface area contributed by atoms with Crippen LogP contribution in [0.1, 0.15) is 26.3 Å². The van der Waals surface area contributed by atoms with E-state index in [2.05, 4.69) is 238 Å². The van der Waals surface area contributed by atoms with E-state index < -0.39 is 0 Å². The van der Waals surface area contributed by atoms with E-state index >= 15 is 0 Å². The Bertz CT molecular complexity index is 3110. The van der Waals surface area contributed by atoms with Crippen molar-refractivity contribution in [3.05, 3.63) is 224 Å². The van der Waals surface area contributed by atoms with Crippen LogP contribution in [0, 0.1) is 0 Å². The lowest BCUT2D eigenvalue weighted by Crippen LogP contribution is -2.12. The fraction of sp³-hybridized carbons (Fsp3) is 0.0690. The molecule has 9 aromatic carbocycles. The monoisotopic (exact) mass is 771 g/mol. The molecule has 0 N–H and O–H groups in total. The van der Waals surface area contributed by atoms with Gasteiger partial charge in [-0.05, 0) is 109 Å². The fourth-order valence-electron chi connectivity index (χ4n) is 8.75. The zero-order valence-electron chi connectivity index (χ0n) is 34.1. The molecule has 0 saturated heterocycles. The quantitative estimate of drug-likeness (QED) is 0.153. The summed E-state index contributed by atoms with van der Waals surface area (Å²) in [5.74, 6) is 0.917. The Kier molecular flexibility index (Phi) is 9.47. The summed E-state index contributed by atoms with van der Waals surface area (Å²) < 4.78 is 6.68. The van der Waals surface area contributed by atoms with Gasteiger partial charge in [-0.1, -0.05) is 191 Å². The van der Waals surface area contributed by atoms with Gasteiger partial charge >= 0.3 is 0 Å². The fourth-order valence-corrected chi connectivity index (χ4v) is 8.75. The van der Waals surface area contributed by atoms with Crippen molar-refractivity contribution in [3.8, 4) is 55.8 Å². The highest BCUT2D eigenvalue weighted by molar-refractivity contribution is 5.94. The normalized spacial score (nSPS) is 11.6. The molecule has 2 nitrogen and oxygen atoms in total. The number of nitrogens with zero attached hydrogens (tertiary/aromatic N) is 1. The third-order valence-corrected chi connectivity index (χ3v) is 11.6. The molecule has 60 heavy (non-hydrogen) atoms. The maximum absolute atomic E-state index is 6.68. The van der Waals surface area contributed by atoms with Gasteiger partial charge < -0.3 is 9.32 Å². The van der Waals surface area contributed by atoms with Crippen molar-refractivity contribution in [2.24, 2.45) is 0 Å². The molecule has 0 atom stereocenters. The van der Waals surface area contributed by atoms with Crippen molar-refractivity contribution in [2.45, 2.75) is 26.2 Å². The summed E-state index contributed by atoms with van der Waals surface area (Å²) in [4.78, 5) is 2.35. The average molecular weight is 772 g/mol. The second kappa shape index (κ2) is 15.4. The van der Waals surface area contributed by atoms with Crippen LogP contribution in [-0.2, 0) is 5.41 Å². The smallest absolute Gasteiger partial charge is 0.139 e. The standard InChI is InChI=1S/C58H45NO/c1-58(2,3)56-54-26-13-14-27-55(54)60-57(56)46-20-15-21-49(39-46)59(47-34-30-41(31-35-47)45-29-28-40-16-7-8-19-44(40)38-45)48-36-32-43(33-37-48)51-23-10-12-25-53(51)52-24-11-9-22-50(52)42-17-5-4-6-18-42/h4-39H,1-3H3. The first kappa shape index (κ1) is 36.9. The second-order valence-electron chi connectivity index (χ2n) is 16.6. The lowest BCUT2D eigenvalue weighted by molar-refractivity contribution is 0.568. The predicted molar refractivity (Wildman–Crippen MR) is 254 cm³/mol. The van der Waals surface area contributed by atoms with Gasteiger partial charge in [-0.3, -0.25) is 0 Å². The molecule has 288 valence electrons. The van der Waals surface area contributed by atoms with Gasteiger partial charge in [-0.2, -0.15) is 0 Å². The van der Waals surface area contributed by atoms with E-state index in [1.807, 2.05) is 6.07 Å². The first-order valence-corrected chi connectivity index (χ1v) is 20.8. The van der Waals surface area contributed by atoms with E-state index in [9.17, 15) is 0 Å². The summed E-state index contributed by atoms with van der Waals surface area (Å²) >= 11 is 0. The molecule has 0 bridgehead atoms. The van der Waals surface area contributed by atoms with E-state index in [-0.39, 0.29) is 5.41 Å². The molecular formula is C58H45NO. The van der Waals surface area contributed by atoms with E-state index in [4.69, 9.17) is 4.42 Å². The Hall–Kier alpha value is -7.42. The van der Waals surface area contributed by atoms with Gasteiger partial charge in [0.1, 0.15) is 11.3 Å². The number of para-hydroxylation sites is 1. The van der Waals surface area contributed by atoms with E-state index in [0.29, 0.717) is 0 Å². The number of rotatable bonds is 8. The van der Waals surface area contributed by atoms with E-state index in [0.717, 1.165) is 44.9 Å². The molecule has 0 spiro atoms. The van der Waals surface area contributed by atoms with Crippen LogP contribution in [0.2, 0.25) is 0 Å². The van der Waals surface area contributed by atoms with Gasteiger partial charge in [0.2, 0.25) is 0 Å². The van der Waals surface area contributed by atoms with Gasteiger partial charge in [0.15, 0.2) is 0 Å². The van der Waals surface area contributed by atoms with Crippen LogP contribution in [-0.4, -0.2) is 0 Å². The highest BCUT2D eigenvalue weighted by atomic mass is 16.3. The van der Waals surface area contributed by atoms with E-state index in [1.54, 1.807) is 0 Å². The average Bonchev–Trinajstić information content (AvgIpc) is 3.71. The highest BCUT2D eigenvalue weighted by Crippen LogP contribution is 2.44.